The minimum atomic E-state index is -0.252. The quantitative estimate of drug-likeness (QED) is 0.702. The lowest BCUT2D eigenvalue weighted by Crippen LogP contribution is -2.41. The Morgan fingerprint density at radius 3 is 2.31 bits per heavy atom. The summed E-state index contributed by atoms with van der Waals surface area (Å²) in [5.41, 5.74) is 7.28. The number of rotatable bonds is 6. The number of thiophene rings is 1. The zero-order chi connectivity index (χ0) is 20.6. The van der Waals surface area contributed by atoms with E-state index in [0.29, 0.717) is 22.8 Å². The van der Waals surface area contributed by atoms with Gasteiger partial charge >= 0.3 is 0 Å². The van der Waals surface area contributed by atoms with E-state index in [9.17, 15) is 9.59 Å². The molecule has 0 aliphatic heterocycles. The van der Waals surface area contributed by atoms with E-state index < -0.39 is 0 Å². The Balaban J connectivity index is 1.50. The fraction of sp³-hybridized carbons (Fsp3) is 0.455. The first kappa shape index (κ1) is 21.2. The molecule has 1 aliphatic rings. The highest BCUT2D eigenvalue weighted by Crippen LogP contribution is 2.28. The molecule has 0 fully saturated rings. The van der Waals surface area contributed by atoms with Gasteiger partial charge in [-0.3, -0.25) is 20.4 Å². The van der Waals surface area contributed by atoms with Gasteiger partial charge in [0, 0.05) is 17.4 Å². The molecule has 2 N–H and O–H groups in total. The standard InChI is InChI=1S/C22H28N2O4S/c1-27-17-11-15(12-18(14-17)28-2)9-10-21(25)23-24-22(26)20-13-16-7-5-3-4-6-8-19(16)29-20/h11-14H,3-10H2,1-2H3,(H,23,25)(H,24,26). The number of nitrogens with one attached hydrogen (secondary N) is 2. The predicted molar refractivity (Wildman–Crippen MR) is 114 cm³/mol. The lowest BCUT2D eigenvalue weighted by molar-refractivity contribution is -0.121. The summed E-state index contributed by atoms with van der Waals surface area (Å²) in [4.78, 5) is 26.6. The molecule has 0 unspecified atom stereocenters. The fourth-order valence-electron chi connectivity index (χ4n) is 3.48. The van der Waals surface area contributed by atoms with E-state index >= 15 is 0 Å². The number of hydrogen-bond acceptors (Lipinski definition) is 5. The molecule has 0 atom stereocenters. The maximum Gasteiger partial charge on any atom is 0.279 e. The average molecular weight is 417 g/mol. The van der Waals surface area contributed by atoms with Crippen LogP contribution in [-0.2, 0) is 24.1 Å². The van der Waals surface area contributed by atoms with Crippen molar-refractivity contribution in [2.45, 2.75) is 51.4 Å². The Morgan fingerprint density at radius 2 is 1.62 bits per heavy atom. The van der Waals surface area contributed by atoms with E-state index in [1.807, 2.05) is 18.2 Å². The van der Waals surface area contributed by atoms with Crippen LogP contribution in [0.2, 0.25) is 0 Å². The van der Waals surface area contributed by atoms with Crippen molar-refractivity contribution >= 4 is 23.2 Å². The number of ether oxygens (including phenoxy) is 2. The highest BCUT2D eigenvalue weighted by molar-refractivity contribution is 7.14. The lowest BCUT2D eigenvalue weighted by atomic mass is 10.00. The first-order valence-corrected chi connectivity index (χ1v) is 10.8. The second-order valence-electron chi connectivity index (χ2n) is 7.20. The van der Waals surface area contributed by atoms with Gasteiger partial charge in [-0.1, -0.05) is 12.8 Å². The topological polar surface area (TPSA) is 76.7 Å². The Hall–Kier alpha value is -2.54. The molecular formula is C22H28N2O4S. The third-order valence-corrected chi connectivity index (χ3v) is 6.32. The summed E-state index contributed by atoms with van der Waals surface area (Å²) in [6, 6.07) is 7.51. The smallest absolute Gasteiger partial charge is 0.279 e. The van der Waals surface area contributed by atoms with Gasteiger partial charge in [0.05, 0.1) is 19.1 Å². The average Bonchev–Trinajstić information content (AvgIpc) is 3.12. The molecule has 7 heteroatoms. The molecule has 3 rings (SSSR count). The van der Waals surface area contributed by atoms with E-state index in [0.717, 1.165) is 18.4 Å². The van der Waals surface area contributed by atoms with Crippen LogP contribution in [0.1, 0.15) is 57.8 Å². The van der Waals surface area contributed by atoms with Gasteiger partial charge in [-0.25, -0.2) is 0 Å². The number of hydrogen-bond donors (Lipinski definition) is 2. The van der Waals surface area contributed by atoms with Crippen LogP contribution >= 0.6 is 11.3 Å². The van der Waals surface area contributed by atoms with Crippen LogP contribution < -0.4 is 20.3 Å². The van der Waals surface area contributed by atoms with E-state index in [4.69, 9.17) is 9.47 Å². The van der Waals surface area contributed by atoms with Crippen LogP contribution in [0, 0.1) is 0 Å². The zero-order valence-corrected chi connectivity index (χ0v) is 17.8. The monoisotopic (exact) mass is 416 g/mol. The normalized spacial score (nSPS) is 13.6. The van der Waals surface area contributed by atoms with Crippen LogP contribution in [0.3, 0.4) is 0 Å². The van der Waals surface area contributed by atoms with Crippen molar-refractivity contribution in [3.8, 4) is 11.5 Å². The minimum absolute atomic E-state index is 0.241. The van der Waals surface area contributed by atoms with Crippen molar-refractivity contribution in [3.63, 3.8) is 0 Å². The Morgan fingerprint density at radius 1 is 0.931 bits per heavy atom. The number of fused-ring (bicyclic) bond motifs is 1. The highest BCUT2D eigenvalue weighted by atomic mass is 32.1. The molecule has 0 saturated heterocycles. The third-order valence-electron chi connectivity index (χ3n) is 5.09. The van der Waals surface area contributed by atoms with Gasteiger partial charge in [-0.2, -0.15) is 0 Å². The van der Waals surface area contributed by atoms with Crippen molar-refractivity contribution < 1.29 is 19.1 Å². The summed E-state index contributed by atoms with van der Waals surface area (Å²) in [6.07, 6.45) is 7.72. The number of aryl methyl sites for hydroxylation is 3. The molecule has 156 valence electrons. The molecule has 29 heavy (non-hydrogen) atoms. The fourth-order valence-corrected chi connectivity index (χ4v) is 4.62. The number of benzene rings is 1. The number of hydrazine groups is 1. The summed E-state index contributed by atoms with van der Waals surface area (Å²) in [5.74, 6) is 0.871. The molecule has 2 aromatic rings. The van der Waals surface area contributed by atoms with Crippen molar-refractivity contribution in [1.82, 2.24) is 10.9 Å². The first-order valence-electron chi connectivity index (χ1n) is 10.0. The van der Waals surface area contributed by atoms with Crippen molar-refractivity contribution in [3.05, 3.63) is 45.1 Å². The summed E-state index contributed by atoms with van der Waals surface area (Å²) in [7, 11) is 3.18. The Labute approximate surface area is 175 Å². The van der Waals surface area contributed by atoms with Gasteiger partial charge in [-0.15, -0.1) is 11.3 Å². The molecule has 0 bridgehead atoms. The predicted octanol–water partition coefficient (Wildman–Crippen LogP) is 3.82. The molecule has 0 saturated carbocycles. The Bertz CT molecular complexity index is 815. The molecule has 2 amide bonds. The van der Waals surface area contributed by atoms with Crippen molar-refractivity contribution in [1.29, 1.82) is 0 Å². The van der Waals surface area contributed by atoms with Crippen LogP contribution in [0.25, 0.3) is 0 Å². The van der Waals surface area contributed by atoms with Gasteiger partial charge in [0.25, 0.3) is 5.91 Å². The van der Waals surface area contributed by atoms with Gasteiger partial charge in [0.2, 0.25) is 5.91 Å². The van der Waals surface area contributed by atoms with E-state index in [2.05, 4.69) is 10.9 Å². The number of carbonyl (C=O) groups excluding carboxylic acids is 2. The molecular weight excluding hydrogens is 388 g/mol. The summed E-state index contributed by atoms with van der Waals surface area (Å²) >= 11 is 1.54. The van der Waals surface area contributed by atoms with Gasteiger partial charge in [0.1, 0.15) is 11.5 Å². The van der Waals surface area contributed by atoms with E-state index in [-0.39, 0.29) is 18.2 Å². The second-order valence-corrected chi connectivity index (χ2v) is 8.33. The molecule has 0 spiro atoms. The van der Waals surface area contributed by atoms with Gasteiger partial charge < -0.3 is 9.47 Å². The van der Waals surface area contributed by atoms with E-state index in [1.165, 1.54) is 36.1 Å². The molecule has 6 nitrogen and oxygen atoms in total. The maximum atomic E-state index is 12.4. The third kappa shape index (κ3) is 5.97. The lowest BCUT2D eigenvalue weighted by Gasteiger charge is -2.09. The number of amides is 2. The molecule has 0 radical (unpaired) electrons. The largest absolute Gasteiger partial charge is 0.497 e. The SMILES string of the molecule is COc1cc(CCC(=O)NNC(=O)c2cc3c(s2)CCCCCC3)cc(OC)c1. The van der Waals surface area contributed by atoms with Crippen LogP contribution in [0.5, 0.6) is 11.5 Å². The van der Waals surface area contributed by atoms with Crippen LogP contribution in [0.4, 0.5) is 0 Å². The van der Waals surface area contributed by atoms with Gasteiger partial charge in [0.15, 0.2) is 0 Å². The molecule has 1 heterocycles. The number of methoxy groups -OCH3 is 2. The molecule has 1 aliphatic carbocycles. The minimum Gasteiger partial charge on any atom is -0.497 e. The summed E-state index contributed by atoms with van der Waals surface area (Å²) in [5, 5.41) is 0. The highest BCUT2D eigenvalue weighted by Gasteiger charge is 2.16. The maximum absolute atomic E-state index is 12.4. The van der Waals surface area contributed by atoms with Crippen LogP contribution in [0.15, 0.2) is 24.3 Å². The van der Waals surface area contributed by atoms with Crippen molar-refractivity contribution in [2.24, 2.45) is 0 Å². The molecule has 1 aromatic heterocycles. The Kier molecular flexibility index (Phi) is 7.52. The summed E-state index contributed by atoms with van der Waals surface area (Å²) in [6.45, 7) is 0. The van der Waals surface area contributed by atoms with E-state index in [1.54, 1.807) is 31.6 Å². The zero-order valence-electron chi connectivity index (χ0n) is 17.0. The van der Waals surface area contributed by atoms with Crippen LogP contribution in [-0.4, -0.2) is 26.0 Å². The number of carbonyl (C=O) groups is 2. The van der Waals surface area contributed by atoms with Gasteiger partial charge in [-0.05, 0) is 61.4 Å². The first-order chi connectivity index (χ1) is 14.1. The van der Waals surface area contributed by atoms with Crippen molar-refractivity contribution in [2.75, 3.05) is 14.2 Å². The summed E-state index contributed by atoms with van der Waals surface area (Å²) < 4.78 is 10.5. The second kappa shape index (κ2) is 10.3. The molecule has 1 aromatic carbocycles.